The SMILES string of the molecule is COCCN(Cc1ccccn1)C(=O)C1CSC(C)(C)C(=O)N1. The second-order valence-electron chi connectivity index (χ2n) is 5.92. The maximum absolute atomic E-state index is 12.8. The molecular formula is C16H23N3O3S. The van der Waals surface area contributed by atoms with Gasteiger partial charge in [0.1, 0.15) is 6.04 Å². The Morgan fingerprint density at radius 1 is 1.52 bits per heavy atom. The van der Waals surface area contributed by atoms with Crippen LogP contribution < -0.4 is 5.32 Å². The van der Waals surface area contributed by atoms with Gasteiger partial charge in [0.25, 0.3) is 0 Å². The van der Waals surface area contributed by atoms with Crippen molar-refractivity contribution in [1.82, 2.24) is 15.2 Å². The van der Waals surface area contributed by atoms with Crippen LogP contribution in [0.2, 0.25) is 0 Å². The minimum Gasteiger partial charge on any atom is -0.383 e. The predicted octanol–water partition coefficient (Wildman–Crippen LogP) is 1.07. The van der Waals surface area contributed by atoms with Gasteiger partial charge in [-0.3, -0.25) is 14.6 Å². The molecule has 2 rings (SSSR count). The van der Waals surface area contributed by atoms with Gasteiger partial charge in [0.05, 0.1) is 23.6 Å². The van der Waals surface area contributed by atoms with Crippen LogP contribution in [0.5, 0.6) is 0 Å². The fourth-order valence-electron chi connectivity index (χ4n) is 2.24. The molecule has 126 valence electrons. The van der Waals surface area contributed by atoms with E-state index in [4.69, 9.17) is 4.74 Å². The average molecular weight is 337 g/mol. The quantitative estimate of drug-likeness (QED) is 0.841. The number of aromatic nitrogens is 1. The summed E-state index contributed by atoms with van der Waals surface area (Å²) in [7, 11) is 1.60. The van der Waals surface area contributed by atoms with Crippen molar-refractivity contribution in [2.45, 2.75) is 31.2 Å². The normalized spacial score (nSPS) is 20.0. The molecule has 1 N–H and O–H groups in total. The highest BCUT2D eigenvalue weighted by atomic mass is 32.2. The van der Waals surface area contributed by atoms with Crippen LogP contribution in [0.3, 0.4) is 0 Å². The number of amides is 2. The number of hydrogen-bond acceptors (Lipinski definition) is 5. The molecule has 1 aromatic heterocycles. The number of thioether (sulfide) groups is 1. The van der Waals surface area contributed by atoms with Gasteiger partial charge in [-0.05, 0) is 26.0 Å². The maximum Gasteiger partial charge on any atom is 0.246 e. The monoisotopic (exact) mass is 337 g/mol. The highest BCUT2D eigenvalue weighted by Crippen LogP contribution is 2.29. The van der Waals surface area contributed by atoms with Crippen LogP contribution in [0.1, 0.15) is 19.5 Å². The summed E-state index contributed by atoms with van der Waals surface area (Å²) in [6, 6.07) is 5.11. The van der Waals surface area contributed by atoms with E-state index in [1.54, 1.807) is 18.2 Å². The fraction of sp³-hybridized carbons (Fsp3) is 0.562. The molecule has 0 saturated carbocycles. The van der Waals surface area contributed by atoms with Gasteiger partial charge in [-0.2, -0.15) is 0 Å². The number of nitrogens with one attached hydrogen (secondary N) is 1. The third-order valence-corrected chi connectivity index (χ3v) is 5.12. The number of carbonyl (C=O) groups excluding carboxylic acids is 2. The average Bonchev–Trinajstić information content (AvgIpc) is 2.54. The molecule has 1 saturated heterocycles. The van der Waals surface area contributed by atoms with Crippen molar-refractivity contribution in [3.05, 3.63) is 30.1 Å². The van der Waals surface area contributed by atoms with E-state index in [0.717, 1.165) is 5.69 Å². The number of rotatable bonds is 6. The second-order valence-corrected chi connectivity index (χ2v) is 7.56. The van der Waals surface area contributed by atoms with Crippen LogP contribution in [-0.2, 0) is 20.9 Å². The number of carbonyl (C=O) groups is 2. The summed E-state index contributed by atoms with van der Waals surface area (Å²) in [5.74, 6) is 0.379. The highest BCUT2D eigenvalue weighted by molar-refractivity contribution is 8.01. The van der Waals surface area contributed by atoms with Gasteiger partial charge < -0.3 is 15.0 Å². The van der Waals surface area contributed by atoms with Crippen molar-refractivity contribution in [3.63, 3.8) is 0 Å². The lowest BCUT2D eigenvalue weighted by Crippen LogP contribution is -2.58. The maximum atomic E-state index is 12.8. The van der Waals surface area contributed by atoms with Crippen LogP contribution in [0.25, 0.3) is 0 Å². The molecule has 2 amide bonds. The summed E-state index contributed by atoms with van der Waals surface area (Å²) < 4.78 is 4.60. The number of ether oxygens (including phenoxy) is 1. The third kappa shape index (κ3) is 4.68. The molecule has 1 aliphatic heterocycles. The standard InChI is InChI=1S/C16H23N3O3S/c1-16(2)15(21)18-13(11-23-16)14(20)19(8-9-22-3)10-12-6-4-5-7-17-12/h4-7,13H,8-11H2,1-3H3,(H,18,21). The molecular weight excluding hydrogens is 314 g/mol. The molecule has 0 aromatic carbocycles. The Balaban J connectivity index is 2.06. The van der Waals surface area contributed by atoms with E-state index in [0.29, 0.717) is 25.4 Å². The van der Waals surface area contributed by atoms with Crippen molar-refractivity contribution in [3.8, 4) is 0 Å². The molecule has 0 spiro atoms. The van der Waals surface area contributed by atoms with E-state index >= 15 is 0 Å². The van der Waals surface area contributed by atoms with Crippen LogP contribution in [0.15, 0.2) is 24.4 Å². The van der Waals surface area contributed by atoms with E-state index in [-0.39, 0.29) is 11.8 Å². The minimum atomic E-state index is -0.499. The van der Waals surface area contributed by atoms with Crippen molar-refractivity contribution in [1.29, 1.82) is 0 Å². The van der Waals surface area contributed by atoms with Crippen LogP contribution in [0, 0.1) is 0 Å². The molecule has 0 radical (unpaired) electrons. The zero-order chi connectivity index (χ0) is 16.9. The first-order valence-corrected chi connectivity index (χ1v) is 8.55. The largest absolute Gasteiger partial charge is 0.383 e. The lowest BCUT2D eigenvalue weighted by atomic mass is 10.1. The third-order valence-electron chi connectivity index (χ3n) is 3.72. The second kappa shape index (κ2) is 7.79. The van der Waals surface area contributed by atoms with Crippen molar-refractivity contribution in [2.24, 2.45) is 0 Å². The van der Waals surface area contributed by atoms with Gasteiger partial charge in [0.2, 0.25) is 11.8 Å². The van der Waals surface area contributed by atoms with Crippen molar-refractivity contribution in [2.75, 3.05) is 26.0 Å². The van der Waals surface area contributed by atoms with E-state index in [9.17, 15) is 9.59 Å². The first kappa shape index (κ1) is 17.7. The zero-order valence-electron chi connectivity index (χ0n) is 13.7. The Labute approximate surface area is 141 Å². The Morgan fingerprint density at radius 2 is 2.30 bits per heavy atom. The summed E-state index contributed by atoms with van der Waals surface area (Å²) in [6.07, 6.45) is 1.70. The van der Waals surface area contributed by atoms with Crippen molar-refractivity contribution < 1.29 is 14.3 Å². The number of nitrogens with zero attached hydrogens (tertiary/aromatic N) is 2. The minimum absolute atomic E-state index is 0.0935. The van der Waals surface area contributed by atoms with Crippen LogP contribution in [0.4, 0.5) is 0 Å². The smallest absolute Gasteiger partial charge is 0.246 e. The van der Waals surface area contributed by atoms with Gasteiger partial charge in [-0.15, -0.1) is 11.8 Å². The van der Waals surface area contributed by atoms with Gasteiger partial charge in [0.15, 0.2) is 0 Å². The molecule has 2 heterocycles. The Hall–Kier alpha value is -1.60. The molecule has 6 nitrogen and oxygen atoms in total. The van der Waals surface area contributed by atoms with E-state index < -0.39 is 10.8 Å². The first-order chi connectivity index (χ1) is 10.9. The van der Waals surface area contributed by atoms with E-state index in [1.807, 2.05) is 32.0 Å². The molecule has 0 aliphatic carbocycles. The van der Waals surface area contributed by atoms with Crippen molar-refractivity contribution >= 4 is 23.6 Å². The predicted molar refractivity (Wildman–Crippen MR) is 90.0 cm³/mol. The Bertz CT molecular complexity index is 551. The summed E-state index contributed by atoms with van der Waals surface area (Å²) in [6.45, 7) is 5.04. The van der Waals surface area contributed by atoms with E-state index in [2.05, 4.69) is 10.3 Å². The lowest BCUT2D eigenvalue weighted by molar-refractivity contribution is -0.137. The molecule has 1 atom stereocenters. The number of methoxy groups -OCH3 is 1. The summed E-state index contributed by atoms with van der Waals surface area (Å²) in [4.78, 5) is 30.8. The number of pyridine rings is 1. The molecule has 7 heteroatoms. The Kier molecular flexibility index (Phi) is 6.01. The van der Waals surface area contributed by atoms with E-state index in [1.165, 1.54) is 11.8 Å². The fourth-order valence-corrected chi connectivity index (χ4v) is 3.24. The molecule has 1 fully saturated rings. The summed E-state index contributed by atoms with van der Waals surface area (Å²) >= 11 is 1.51. The molecule has 23 heavy (non-hydrogen) atoms. The number of hydrogen-bond donors (Lipinski definition) is 1. The topological polar surface area (TPSA) is 71.5 Å². The summed E-state index contributed by atoms with van der Waals surface area (Å²) in [5, 5.41) is 2.84. The van der Waals surface area contributed by atoms with Gasteiger partial charge in [-0.25, -0.2) is 0 Å². The molecule has 1 unspecified atom stereocenters. The van der Waals surface area contributed by atoms with Gasteiger partial charge in [-0.1, -0.05) is 6.07 Å². The van der Waals surface area contributed by atoms with Crippen LogP contribution >= 0.6 is 11.8 Å². The Morgan fingerprint density at radius 3 is 2.91 bits per heavy atom. The summed E-state index contributed by atoms with van der Waals surface area (Å²) in [5.41, 5.74) is 0.812. The van der Waals surface area contributed by atoms with Crippen LogP contribution in [-0.4, -0.2) is 58.5 Å². The highest BCUT2D eigenvalue weighted by Gasteiger charge is 2.39. The molecule has 1 aliphatic rings. The first-order valence-electron chi connectivity index (χ1n) is 7.56. The molecule has 1 aromatic rings. The lowest BCUT2D eigenvalue weighted by Gasteiger charge is -2.35. The van der Waals surface area contributed by atoms with Gasteiger partial charge >= 0.3 is 0 Å². The zero-order valence-corrected chi connectivity index (χ0v) is 14.6. The molecule has 0 bridgehead atoms. The van der Waals surface area contributed by atoms with Gasteiger partial charge in [0, 0.05) is 25.6 Å².